The molecule has 12 heteroatoms. The zero-order valence-electron chi connectivity index (χ0n) is 14.7. The smallest absolute Gasteiger partial charge is 0.109 e. The Morgan fingerprint density at radius 3 is 0.733 bits per heavy atom. The number of hydrogen-bond acceptors (Lipinski definition) is 0. The maximum absolute atomic E-state index is 7.02. The van der Waals surface area contributed by atoms with Crippen LogP contribution in [-0.2, 0) is 0 Å². The molecule has 8 atom stereocenters. The number of rotatable bonds is 0. The highest BCUT2D eigenvalue weighted by atomic mass is 35.5. The topological polar surface area (TPSA) is 0 Å². The summed E-state index contributed by atoms with van der Waals surface area (Å²) in [6.07, 6.45) is 2.22. The molecule has 5 aliphatic rings. The van der Waals surface area contributed by atoms with E-state index in [1.54, 1.807) is 0 Å². The average Bonchev–Trinajstić information content (AvgIpc) is 2.96. The van der Waals surface area contributed by atoms with Gasteiger partial charge in [0.25, 0.3) is 0 Å². The second-order valence-corrected chi connectivity index (χ2v) is 15.4. The van der Waals surface area contributed by atoms with E-state index in [1.165, 1.54) is 0 Å². The summed E-state index contributed by atoms with van der Waals surface area (Å²) in [4.78, 5) is -5.28. The molecule has 168 valence electrons. The van der Waals surface area contributed by atoms with E-state index >= 15 is 0 Å². The molecule has 0 aliphatic heterocycles. The van der Waals surface area contributed by atoms with E-state index in [0.717, 1.165) is 0 Å². The Balaban J connectivity index is 1.62. The quantitative estimate of drug-likeness (QED) is 0.229. The lowest BCUT2D eigenvalue weighted by Crippen LogP contribution is -2.45. The van der Waals surface area contributed by atoms with Gasteiger partial charge in [0.2, 0.25) is 0 Å². The minimum Gasteiger partial charge on any atom is -0.109 e. The van der Waals surface area contributed by atoms with Crippen LogP contribution >= 0.6 is 139 Å². The molecule has 0 N–H and O–H groups in total. The fourth-order valence-corrected chi connectivity index (χ4v) is 13.0. The van der Waals surface area contributed by atoms with Crippen molar-refractivity contribution >= 4 is 139 Å². The van der Waals surface area contributed by atoms with Gasteiger partial charge in [-0.2, -0.15) is 0 Å². The third kappa shape index (κ3) is 2.18. The van der Waals surface area contributed by atoms with Gasteiger partial charge >= 0.3 is 0 Å². The van der Waals surface area contributed by atoms with Crippen LogP contribution in [0.2, 0.25) is 0 Å². The molecule has 0 radical (unpaired) electrons. The van der Waals surface area contributed by atoms with Gasteiger partial charge in [0.1, 0.15) is 19.5 Å². The second-order valence-electron chi connectivity index (χ2n) is 8.83. The SMILES string of the molecule is ClC1=C(Cl)[C@@]2(Cl)[C@@H]3CC[C@@H]4[C@@H](CC[C@H]3[C@@]1(Cl)C2(Cl)Cl)[C@]1(Cl)C(Cl)=C(Cl)[C@]4(Cl)C1(Cl)Cl. The molecule has 4 bridgehead atoms. The summed E-state index contributed by atoms with van der Waals surface area (Å²) in [6.45, 7) is 0. The van der Waals surface area contributed by atoms with E-state index in [1.807, 2.05) is 0 Å². The molecule has 30 heavy (non-hydrogen) atoms. The van der Waals surface area contributed by atoms with Crippen molar-refractivity contribution < 1.29 is 0 Å². The van der Waals surface area contributed by atoms with Gasteiger partial charge < -0.3 is 0 Å². The highest BCUT2D eigenvalue weighted by molar-refractivity contribution is 6.66. The van der Waals surface area contributed by atoms with E-state index in [0.29, 0.717) is 25.7 Å². The summed E-state index contributed by atoms with van der Waals surface area (Å²) >= 11 is 81.3. The van der Waals surface area contributed by atoms with Crippen molar-refractivity contribution in [3.8, 4) is 0 Å². The minimum atomic E-state index is -1.58. The van der Waals surface area contributed by atoms with Crippen LogP contribution in [0.4, 0.5) is 0 Å². The third-order valence-corrected chi connectivity index (χ3v) is 16.8. The van der Waals surface area contributed by atoms with Crippen molar-refractivity contribution in [1.29, 1.82) is 0 Å². The molecule has 0 aromatic rings. The zero-order chi connectivity index (χ0) is 22.4. The van der Waals surface area contributed by atoms with Crippen LogP contribution in [0.5, 0.6) is 0 Å². The van der Waals surface area contributed by atoms with Crippen molar-refractivity contribution in [2.45, 2.75) is 53.8 Å². The first-order valence-corrected chi connectivity index (χ1v) is 13.8. The number of hydrogen-bond donors (Lipinski definition) is 0. The molecule has 0 aromatic carbocycles. The van der Waals surface area contributed by atoms with Gasteiger partial charge in [-0.3, -0.25) is 0 Å². The first-order valence-electron chi connectivity index (χ1n) is 9.22. The highest BCUT2D eigenvalue weighted by Crippen LogP contribution is 2.81. The lowest BCUT2D eigenvalue weighted by Gasteiger charge is -2.44. The molecule has 0 heterocycles. The van der Waals surface area contributed by atoms with Crippen molar-refractivity contribution in [2.24, 2.45) is 23.7 Å². The Morgan fingerprint density at radius 2 is 0.567 bits per heavy atom. The van der Waals surface area contributed by atoms with Crippen molar-refractivity contribution in [1.82, 2.24) is 0 Å². The molecular formula is C18H12Cl12. The van der Waals surface area contributed by atoms with Gasteiger partial charge in [-0.05, 0) is 49.4 Å². The summed E-state index contributed by atoms with van der Waals surface area (Å²) in [6, 6.07) is 0. The molecule has 3 fully saturated rings. The number of allylic oxidation sites excluding steroid dienone is 4. The molecule has 0 aromatic heterocycles. The Kier molecular flexibility index (Phi) is 5.61. The predicted octanol–water partition coefficient (Wildman–Crippen LogP) is 9.72. The molecule has 0 unspecified atom stereocenters. The Bertz CT molecular complexity index is 782. The van der Waals surface area contributed by atoms with Crippen LogP contribution in [0.15, 0.2) is 20.1 Å². The Labute approximate surface area is 234 Å². The summed E-state index contributed by atoms with van der Waals surface area (Å²) in [5.74, 6) is -0.976. The molecular weight excluding hydrogens is 642 g/mol. The molecule has 0 saturated heterocycles. The van der Waals surface area contributed by atoms with E-state index in [4.69, 9.17) is 139 Å². The first kappa shape index (κ1) is 24.6. The van der Waals surface area contributed by atoms with Gasteiger partial charge in [-0.25, -0.2) is 0 Å². The van der Waals surface area contributed by atoms with E-state index in [-0.39, 0.29) is 43.8 Å². The Hall–Kier alpha value is 2.96. The molecule has 5 rings (SSSR count). The fraction of sp³-hybridized carbons (Fsp3) is 0.778. The van der Waals surface area contributed by atoms with Gasteiger partial charge in [0.05, 0.1) is 20.1 Å². The van der Waals surface area contributed by atoms with Crippen LogP contribution < -0.4 is 0 Å². The summed E-state index contributed by atoms with van der Waals surface area (Å²) in [5, 5.41) is 0.765. The van der Waals surface area contributed by atoms with Gasteiger partial charge in [-0.1, -0.05) is 92.8 Å². The lowest BCUT2D eigenvalue weighted by molar-refractivity contribution is 0.175. The largest absolute Gasteiger partial charge is 0.166 e. The number of halogens is 12. The minimum absolute atomic E-state index is 0.191. The van der Waals surface area contributed by atoms with Crippen LogP contribution in [0.1, 0.15) is 25.7 Å². The lowest BCUT2D eigenvalue weighted by atomic mass is 9.67. The Morgan fingerprint density at radius 1 is 0.400 bits per heavy atom. The monoisotopic (exact) mass is 648 g/mol. The normalized spacial score (nSPS) is 55.6. The van der Waals surface area contributed by atoms with Gasteiger partial charge in [0, 0.05) is 0 Å². The van der Waals surface area contributed by atoms with Crippen molar-refractivity contribution in [3.63, 3.8) is 0 Å². The van der Waals surface area contributed by atoms with Crippen LogP contribution in [-0.4, -0.2) is 28.2 Å². The van der Waals surface area contributed by atoms with Crippen LogP contribution in [0.25, 0.3) is 0 Å². The van der Waals surface area contributed by atoms with E-state index in [2.05, 4.69) is 0 Å². The summed E-state index contributed by atoms with van der Waals surface area (Å²) in [7, 11) is 0. The molecule has 0 amide bonds. The maximum atomic E-state index is 7.02. The van der Waals surface area contributed by atoms with Crippen molar-refractivity contribution in [2.75, 3.05) is 0 Å². The van der Waals surface area contributed by atoms with Crippen molar-refractivity contribution in [3.05, 3.63) is 20.1 Å². The fourth-order valence-electron chi connectivity index (χ4n) is 6.73. The molecule has 0 spiro atoms. The summed E-state index contributed by atoms with van der Waals surface area (Å²) in [5.41, 5.74) is 0. The molecule has 5 aliphatic carbocycles. The zero-order valence-corrected chi connectivity index (χ0v) is 23.7. The third-order valence-electron chi connectivity index (χ3n) is 8.08. The van der Waals surface area contributed by atoms with Gasteiger partial charge in [-0.15, -0.1) is 46.4 Å². The maximum Gasteiger partial charge on any atom is 0.166 e. The van der Waals surface area contributed by atoms with Crippen LogP contribution in [0, 0.1) is 23.7 Å². The van der Waals surface area contributed by atoms with Crippen LogP contribution in [0.3, 0.4) is 0 Å². The molecule has 0 nitrogen and oxygen atoms in total. The van der Waals surface area contributed by atoms with Gasteiger partial charge in [0.15, 0.2) is 8.67 Å². The standard InChI is InChI=1S/C18H12Cl12/c19-9-10(20)15(25)7-3-4-8-6(2-1-5(7)13(9,23)17(15,27)28)14(24)11(21)12(22)16(8,26)18(14,29)30/h5-8H,1-4H2/t5-,6-,7-,8-,13+,14+,15+,16+/m1/s1. The first-order chi connectivity index (χ1) is 13.6. The number of alkyl halides is 8. The number of fused-ring (bicyclic) bond motifs is 10. The summed E-state index contributed by atoms with van der Waals surface area (Å²) < 4.78 is -3.17. The predicted molar refractivity (Wildman–Crippen MR) is 133 cm³/mol. The second kappa shape index (κ2) is 6.83. The van der Waals surface area contributed by atoms with E-state index < -0.39 is 28.2 Å². The molecule has 3 saturated carbocycles. The average molecular weight is 654 g/mol. The highest BCUT2D eigenvalue weighted by Gasteiger charge is 2.85. The van der Waals surface area contributed by atoms with E-state index in [9.17, 15) is 0 Å².